The summed E-state index contributed by atoms with van der Waals surface area (Å²) < 4.78 is 0. The predicted octanol–water partition coefficient (Wildman–Crippen LogP) is 6.63. The highest BCUT2D eigenvalue weighted by Gasteiger charge is 2.30. The molecule has 0 aliphatic heterocycles. The zero-order valence-electron chi connectivity index (χ0n) is 26.8. The molecule has 1 aromatic carbocycles. The molecule has 216 valence electrons. The summed E-state index contributed by atoms with van der Waals surface area (Å²) in [6.07, 6.45) is 6.30. The molecule has 0 amide bonds. The topological polar surface area (TPSA) is 35.7 Å². The Kier molecular flexibility index (Phi) is 14.4. The summed E-state index contributed by atoms with van der Waals surface area (Å²) >= 11 is 0. The largest absolute Gasteiger partial charge is 0.329 e. The molecular weight excluding hydrogens is 452 g/mol. The number of hydrogen-bond acceptors (Lipinski definition) is 4. The summed E-state index contributed by atoms with van der Waals surface area (Å²) in [4.78, 5) is 7.31. The van der Waals surface area contributed by atoms with Crippen molar-refractivity contribution in [2.24, 2.45) is 17.1 Å². The van der Waals surface area contributed by atoms with E-state index in [0.29, 0.717) is 5.41 Å². The van der Waals surface area contributed by atoms with E-state index in [0.717, 1.165) is 45.2 Å². The van der Waals surface area contributed by atoms with E-state index >= 15 is 0 Å². The van der Waals surface area contributed by atoms with Crippen molar-refractivity contribution in [3.05, 3.63) is 35.4 Å². The molecule has 0 spiro atoms. The predicted molar refractivity (Wildman–Crippen MR) is 166 cm³/mol. The van der Waals surface area contributed by atoms with Gasteiger partial charge in [-0.05, 0) is 106 Å². The van der Waals surface area contributed by atoms with Gasteiger partial charge in [-0.2, -0.15) is 0 Å². The minimum atomic E-state index is 0.208. The number of nitrogens with two attached hydrogens (primary N) is 1. The van der Waals surface area contributed by atoms with Crippen LogP contribution in [0.1, 0.15) is 98.6 Å². The van der Waals surface area contributed by atoms with Crippen LogP contribution in [0.2, 0.25) is 0 Å². The fourth-order valence-corrected chi connectivity index (χ4v) is 5.01. The molecule has 1 rings (SSSR count). The van der Waals surface area contributed by atoms with Crippen LogP contribution in [-0.4, -0.2) is 81.7 Å². The Hall–Kier alpha value is -0.940. The van der Waals surface area contributed by atoms with E-state index in [4.69, 9.17) is 5.73 Å². The zero-order chi connectivity index (χ0) is 28.3. The molecule has 0 aliphatic carbocycles. The van der Waals surface area contributed by atoms with E-state index in [-0.39, 0.29) is 10.8 Å². The molecule has 4 heteroatoms. The monoisotopic (exact) mass is 517 g/mol. The fraction of sp³-hybridized carbons (Fsp3) is 0.818. The van der Waals surface area contributed by atoms with Gasteiger partial charge in [-0.1, -0.05) is 79.7 Å². The van der Waals surface area contributed by atoms with Crippen molar-refractivity contribution in [3.63, 3.8) is 0 Å². The average molecular weight is 517 g/mol. The van der Waals surface area contributed by atoms with E-state index < -0.39 is 0 Å². The first-order chi connectivity index (χ1) is 17.1. The van der Waals surface area contributed by atoms with Crippen molar-refractivity contribution in [1.29, 1.82) is 0 Å². The number of benzene rings is 1. The van der Waals surface area contributed by atoms with Gasteiger partial charge in [0, 0.05) is 26.2 Å². The summed E-state index contributed by atoms with van der Waals surface area (Å²) in [6.45, 7) is 26.7. The Morgan fingerprint density at radius 3 is 1.59 bits per heavy atom. The van der Waals surface area contributed by atoms with Crippen LogP contribution < -0.4 is 5.73 Å². The summed E-state index contributed by atoms with van der Waals surface area (Å²) in [5.41, 5.74) is 9.31. The maximum absolute atomic E-state index is 5.64. The van der Waals surface area contributed by atoms with Crippen LogP contribution in [0.4, 0.5) is 0 Å². The lowest BCUT2D eigenvalue weighted by molar-refractivity contribution is 0.170. The Balaban J connectivity index is 2.38. The van der Waals surface area contributed by atoms with Crippen LogP contribution in [0.25, 0.3) is 0 Å². The van der Waals surface area contributed by atoms with Crippen molar-refractivity contribution in [2.45, 2.75) is 98.3 Å². The van der Waals surface area contributed by atoms with Crippen LogP contribution in [0, 0.1) is 11.3 Å². The standard InChI is InChI=1S/C33H64N4/c1-28(14-12-22-36(10)26-27-37(11)24-13-23-35(9)25-21-34)32(5,6)19-20-33(7,8)30-17-15-29(16-18-30)31(2,3)4/h15-18,28H,12-14,19-27,34H2,1-11H3. The van der Waals surface area contributed by atoms with Gasteiger partial charge in [0.1, 0.15) is 0 Å². The van der Waals surface area contributed by atoms with E-state index in [1.54, 1.807) is 0 Å². The maximum atomic E-state index is 5.64. The Bertz CT molecular complexity index is 732. The van der Waals surface area contributed by atoms with Crippen LogP contribution in [0.3, 0.4) is 0 Å². The summed E-state index contributed by atoms with van der Waals surface area (Å²) in [5.74, 6) is 0.730. The van der Waals surface area contributed by atoms with Gasteiger partial charge in [0.25, 0.3) is 0 Å². The zero-order valence-corrected chi connectivity index (χ0v) is 26.8. The first-order valence-corrected chi connectivity index (χ1v) is 15.0. The lowest BCUT2D eigenvalue weighted by Gasteiger charge is -2.36. The molecule has 0 saturated carbocycles. The molecule has 0 aromatic heterocycles. The SMILES string of the molecule is CC(CCCN(C)CCN(C)CCCN(C)CCN)C(C)(C)CCC(C)(C)c1ccc(C(C)(C)C)cc1. The van der Waals surface area contributed by atoms with Crippen LogP contribution in [0.15, 0.2) is 24.3 Å². The van der Waals surface area contributed by atoms with Crippen molar-refractivity contribution >= 4 is 0 Å². The van der Waals surface area contributed by atoms with Gasteiger partial charge in [-0.25, -0.2) is 0 Å². The third-order valence-corrected chi connectivity index (χ3v) is 8.89. The molecule has 2 N–H and O–H groups in total. The molecule has 0 heterocycles. The quantitative estimate of drug-likeness (QED) is 0.238. The molecule has 1 unspecified atom stereocenters. The lowest BCUT2D eigenvalue weighted by Crippen LogP contribution is -2.34. The normalized spacial score (nSPS) is 14.2. The lowest BCUT2D eigenvalue weighted by atomic mass is 9.69. The van der Waals surface area contributed by atoms with E-state index in [1.807, 2.05) is 0 Å². The molecule has 4 nitrogen and oxygen atoms in total. The molecule has 0 radical (unpaired) electrons. The first kappa shape index (κ1) is 34.1. The maximum Gasteiger partial charge on any atom is 0.0106 e. The fourth-order valence-electron chi connectivity index (χ4n) is 5.01. The van der Waals surface area contributed by atoms with Gasteiger partial charge >= 0.3 is 0 Å². The molecule has 0 saturated heterocycles. The average Bonchev–Trinajstić information content (AvgIpc) is 2.81. The number of nitrogens with zero attached hydrogens (tertiary/aromatic N) is 3. The number of rotatable bonds is 18. The van der Waals surface area contributed by atoms with E-state index in [9.17, 15) is 0 Å². The third-order valence-electron chi connectivity index (χ3n) is 8.89. The van der Waals surface area contributed by atoms with Gasteiger partial charge < -0.3 is 20.4 Å². The third kappa shape index (κ3) is 13.1. The van der Waals surface area contributed by atoms with Gasteiger partial charge in [0.05, 0.1) is 0 Å². The highest BCUT2D eigenvalue weighted by atomic mass is 15.2. The van der Waals surface area contributed by atoms with Crippen molar-refractivity contribution in [1.82, 2.24) is 14.7 Å². The minimum absolute atomic E-state index is 0.208. The summed E-state index contributed by atoms with van der Waals surface area (Å²) in [7, 11) is 6.70. The molecule has 0 aliphatic rings. The van der Waals surface area contributed by atoms with Crippen molar-refractivity contribution in [3.8, 4) is 0 Å². The summed E-state index contributed by atoms with van der Waals surface area (Å²) in [6, 6.07) is 9.40. The molecule has 1 atom stereocenters. The molecule has 1 aromatic rings. The Morgan fingerprint density at radius 2 is 1.11 bits per heavy atom. The minimum Gasteiger partial charge on any atom is -0.329 e. The van der Waals surface area contributed by atoms with E-state index in [2.05, 4.69) is 115 Å². The second-order valence-corrected chi connectivity index (χ2v) is 14.3. The molecule has 0 fully saturated rings. The van der Waals surface area contributed by atoms with Gasteiger partial charge in [-0.15, -0.1) is 0 Å². The van der Waals surface area contributed by atoms with Gasteiger partial charge in [0.15, 0.2) is 0 Å². The summed E-state index contributed by atoms with van der Waals surface area (Å²) in [5, 5.41) is 0. The molecular formula is C33H64N4. The van der Waals surface area contributed by atoms with Crippen LogP contribution in [0.5, 0.6) is 0 Å². The van der Waals surface area contributed by atoms with Gasteiger partial charge in [0.2, 0.25) is 0 Å². The van der Waals surface area contributed by atoms with Crippen molar-refractivity contribution in [2.75, 3.05) is 67.0 Å². The highest BCUT2D eigenvalue weighted by molar-refractivity contribution is 5.31. The number of hydrogen-bond donors (Lipinski definition) is 1. The Labute approximate surface area is 232 Å². The Morgan fingerprint density at radius 1 is 0.649 bits per heavy atom. The smallest absolute Gasteiger partial charge is 0.0106 e. The van der Waals surface area contributed by atoms with E-state index in [1.165, 1.54) is 49.8 Å². The van der Waals surface area contributed by atoms with Crippen LogP contribution >= 0.6 is 0 Å². The molecule has 0 bridgehead atoms. The second-order valence-electron chi connectivity index (χ2n) is 14.3. The first-order valence-electron chi connectivity index (χ1n) is 15.0. The highest BCUT2D eigenvalue weighted by Crippen LogP contribution is 2.40. The van der Waals surface area contributed by atoms with Crippen LogP contribution in [-0.2, 0) is 10.8 Å². The molecule has 37 heavy (non-hydrogen) atoms. The number of likely N-dealkylation sites (N-methyl/N-ethyl adjacent to an activating group) is 3. The van der Waals surface area contributed by atoms with Crippen molar-refractivity contribution < 1.29 is 0 Å². The van der Waals surface area contributed by atoms with Gasteiger partial charge in [-0.3, -0.25) is 0 Å². The second kappa shape index (κ2) is 15.6.